The minimum Gasteiger partial charge on any atom is -0.488 e. The predicted octanol–water partition coefficient (Wildman–Crippen LogP) is 0.0691. The molecule has 0 radical (unpaired) electrons. The zero-order valence-electron chi connectivity index (χ0n) is 22.7. The zero-order chi connectivity index (χ0) is 29.1. The Morgan fingerprint density at radius 2 is 1.80 bits per heavy atom. The molecule has 218 valence electrons. The molecular weight excluding hydrogens is 532 g/mol. The van der Waals surface area contributed by atoms with Crippen molar-refractivity contribution in [2.24, 2.45) is 5.73 Å². The molecule has 2 aromatic rings. The molecule has 6 N–H and O–H groups in total. The highest BCUT2D eigenvalue weighted by molar-refractivity contribution is 5.95. The summed E-state index contributed by atoms with van der Waals surface area (Å²) >= 11 is 0. The number of nitrogens with two attached hydrogens (primary N) is 1. The normalized spacial score (nSPS) is 19.8. The van der Waals surface area contributed by atoms with E-state index >= 15 is 0 Å². The van der Waals surface area contributed by atoms with Crippen LogP contribution in [0.25, 0.3) is 0 Å². The lowest BCUT2D eigenvalue weighted by Crippen LogP contribution is -2.74. The summed E-state index contributed by atoms with van der Waals surface area (Å²) in [6, 6.07) is 10.2. The highest BCUT2D eigenvalue weighted by atomic mass is 16.7. The summed E-state index contributed by atoms with van der Waals surface area (Å²) in [5.74, 6) is -1.03. The van der Waals surface area contributed by atoms with Gasteiger partial charge in [0.2, 0.25) is 18.6 Å². The smallest absolute Gasteiger partial charge is 0.329 e. The summed E-state index contributed by atoms with van der Waals surface area (Å²) in [7, 11) is 0. The third kappa shape index (κ3) is 5.02. The van der Waals surface area contributed by atoms with E-state index in [0.29, 0.717) is 41.5 Å². The van der Waals surface area contributed by atoms with Gasteiger partial charge in [-0.2, -0.15) is 0 Å². The van der Waals surface area contributed by atoms with Crippen LogP contribution < -0.4 is 30.6 Å². The Morgan fingerprint density at radius 3 is 2.44 bits per heavy atom. The summed E-state index contributed by atoms with van der Waals surface area (Å²) in [5.41, 5.74) is 4.78. The minimum atomic E-state index is -1.73. The maximum absolute atomic E-state index is 13.8. The molecule has 2 saturated heterocycles. The number of nitrogens with zero attached hydrogens (tertiary/aromatic N) is 2. The van der Waals surface area contributed by atoms with Crippen molar-refractivity contribution in [2.45, 2.75) is 31.0 Å². The van der Waals surface area contributed by atoms with E-state index < -0.39 is 29.6 Å². The van der Waals surface area contributed by atoms with Crippen molar-refractivity contribution < 1.29 is 33.7 Å². The lowest BCUT2D eigenvalue weighted by Gasteiger charge is -2.55. The summed E-state index contributed by atoms with van der Waals surface area (Å²) in [6.07, 6.45) is -0.701. The molecule has 2 amide bonds. The highest BCUT2D eigenvalue weighted by Crippen LogP contribution is 2.49. The molecule has 13 nitrogen and oxygen atoms in total. The first kappa shape index (κ1) is 28.2. The second kappa shape index (κ2) is 11.6. The van der Waals surface area contributed by atoms with Crippen molar-refractivity contribution in [1.29, 1.82) is 5.41 Å². The lowest BCUT2D eigenvalue weighted by molar-refractivity contribution is -0.173. The number of hydrogen-bond acceptors (Lipinski definition) is 9. The molecule has 0 bridgehead atoms. The van der Waals surface area contributed by atoms with Crippen LogP contribution in [0.1, 0.15) is 24.5 Å². The number of fused-ring (bicyclic) bond motifs is 1. The van der Waals surface area contributed by atoms with Gasteiger partial charge in [-0.3, -0.25) is 15.0 Å². The fraction of sp³-hybridized carbons (Fsp3) is 0.429. The second-order valence-corrected chi connectivity index (χ2v) is 10.0. The van der Waals surface area contributed by atoms with Gasteiger partial charge in [0, 0.05) is 37.3 Å². The monoisotopic (exact) mass is 566 g/mol. The molecule has 5 rings (SSSR count). The number of nitrogen functional groups attached to an aromatic ring is 1. The van der Waals surface area contributed by atoms with Gasteiger partial charge < -0.3 is 45.5 Å². The number of aliphatic carboxylic acids is 1. The molecule has 3 unspecified atom stereocenters. The van der Waals surface area contributed by atoms with Gasteiger partial charge >= 0.3 is 5.97 Å². The lowest BCUT2D eigenvalue weighted by atomic mass is 9.73. The zero-order valence-corrected chi connectivity index (χ0v) is 22.7. The van der Waals surface area contributed by atoms with Crippen LogP contribution >= 0.6 is 0 Å². The van der Waals surface area contributed by atoms with Gasteiger partial charge in [-0.05, 0) is 36.8 Å². The number of ether oxygens (including phenoxy) is 3. The van der Waals surface area contributed by atoms with E-state index in [9.17, 15) is 19.5 Å². The number of carboxylic acid groups (broad SMARTS) is 1. The van der Waals surface area contributed by atoms with Crippen molar-refractivity contribution in [3.05, 3.63) is 53.6 Å². The van der Waals surface area contributed by atoms with E-state index in [1.165, 1.54) is 9.80 Å². The van der Waals surface area contributed by atoms with Crippen LogP contribution in [-0.4, -0.2) is 96.7 Å². The maximum atomic E-state index is 13.8. The third-order valence-corrected chi connectivity index (χ3v) is 7.76. The van der Waals surface area contributed by atoms with E-state index in [4.69, 9.17) is 25.4 Å². The molecule has 3 aliphatic rings. The predicted molar refractivity (Wildman–Crippen MR) is 147 cm³/mol. The molecule has 2 aromatic carbocycles. The van der Waals surface area contributed by atoms with Crippen LogP contribution in [0.15, 0.2) is 42.5 Å². The molecule has 0 saturated carbocycles. The second-order valence-electron chi connectivity index (χ2n) is 10.0. The molecule has 2 fully saturated rings. The number of carboxylic acids is 1. The molecule has 0 spiro atoms. The van der Waals surface area contributed by atoms with Crippen LogP contribution in [0.2, 0.25) is 0 Å². The Morgan fingerprint density at radius 1 is 1.10 bits per heavy atom. The van der Waals surface area contributed by atoms with E-state index in [1.807, 2.05) is 6.92 Å². The SMILES string of the molecule is CCC(Oc1ccc(C(=N)N)cc1)C(c1cccc2c1OCO2)(C(C(=O)O)N1CCNCC1=O)N1CCNCC1=O. The summed E-state index contributed by atoms with van der Waals surface area (Å²) in [6.45, 7) is 2.79. The van der Waals surface area contributed by atoms with Gasteiger partial charge in [0.1, 0.15) is 23.2 Å². The Hall–Kier alpha value is -4.36. The highest BCUT2D eigenvalue weighted by Gasteiger charge is 2.61. The van der Waals surface area contributed by atoms with E-state index in [2.05, 4.69) is 10.6 Å². The number of benzene rings is 2. The summed E-state index contributed by atoms with van der Waals surface area (Å²) in [5, 5.41) is 24.8. The Balaban J connectivity index is 1.78. The molecule has 0 aromatic heterocycles. The van der Waals surface area contributed by atoms with Gasteiger partial charge in [0.25, 0.3) is 0 Å². The van der Waals surface area contributed by atoms with Crippen LogP contribution in [0.3, 0.4) is 0 Å². The number of amidine groups is 1. The molecule has 13 heteroatoms. The van der Waals surface area contributed by atoms with E-state index in [0.717, 1.165) is 0 Å². The first-order chi connectivity index (χ1) is 19.8. The van der Waals surface area contributed by atoms with Gasteiger partial charge in [0.15, 0.2) is 17.5 Å². The Kier molecular flexibility index (Phi) is 7.99. The van der Waals surface area contributed by atoms with Crippen molar-refractivity contribution in [2.75, 3.05) is 46.1 Å². The Bertz CT molecular complexity index is 1340. The van der Waals surface area contributed by atoms with Crippen molar-refractivity contribution >= 4 is 23.6 Å². The number of para-hydroxylation sites is 1. The average Bonchev–Trinajstić information content (AvgIpc) is 3.45. The van der Waals surface area contributed by atoms with Crippen LogP contribution in [-0.2, 0) is 19.9 Å². The topological polar surface area (TPSA) is 180 Å². The molecule has 41 heavy (non-hydrogen) atoms. The number of carbonyl (C=O) groups is 3. The van der Waals surface area contributed by atoms with Crippen molar-refractivity contribution in [3.8, 4) is 17.2 Å². The molecule has 3 aliphatic heterocycles. The van der Waals surface area contributed by atoms with E-state index in [-0.39, 0.29) is 51.1 Å². The first-order valence-electron chi connectivity index (χ1n) is 13.5. The third-order valence-electron chi connectivity index (χ3n) is 7.76. The van der Waals surface area contributed by atoms with E-state index in [1.54, 1.807) is 42.5 Å². The molecule has 3 heterocycles. The maximum Gasteiger partial charge on any atom is 0.329 e. The molecular formula is C28H34N6O7. The Labute approximate surface area is 237 Å². The van der Waals surface area contributed by atoms with Gasteiger partial charge in [-0.1, -0.05) is 19.1 Å². The number of piperazine rings is 2. The van der Waals surface area contributed by atoms with Gasteiger partial charge in [0.05, 0.1) is 13.1 Å². The standard InChI is InChI=1S/C28H34N6O7/c1-2-21(41-18-8-6-17(7-9-18)26(29)30)28(34-13-11-32-15-23(34)36,19-4-3-5-20-24(19)40-16-39-20)25(27(37)38)33-12-10-31-14-22(33)35/h3-9,21,25,31-32H,2,10-16H2,1H3,(H3,29,30)(H,37,38). The fourth-order valence-corrected chi connectivity index (χ4v) is 6.02. The number of nitrogens with one attached hydrogen (secondary N) is 3. The fourth-order valence-electron chi connectivity index (χ4n) is 6.02. The van der Waals surface area contributed by atoms with Crippen molar-refractivity contribution in [3.63, 3.8) is 0 Å². The summed E-state index contributed by atoms with van der Waals surface area (Å²) < 4.78 is 18.2. The summed E-state index contributed by atoms with van der Waals surface area (Å²) in [4.78, 5) is 43.5. The minimum absolute atomic E-state index is 0.0142. The number of rotatable bonds is 10. The van der Waals surface area contributed by atoms with Gasteiger partial charge in [-0.15, -0.1) is 0 Å². The van der Waals surface area contributed by atoms with Crippen molar-refractivity contribution in [1.82, 2.24) is 20.4 Å². The van der Waals surface area contributed by atoms with Crippen LogP contribution in [0.4, 0.5) is 0 Å². The van der Waals surface area contributed by atoms with Gasteiger partial charge in [-0.25, -0.2) is 4.79 Å². The number of hydrogen-bond donors (Lipinski definition) is 5. The number of carbonyl (C=O) groups excluding carboxylic acids is 2. The average molecular weight is 567 g/mol. The number of amides is 2. The first-order valence-corrected chi connectivity index (χ1v) is 13.5. The van der Waals surface area contributed by atoms with Crippen LogP contribution in [0, 0.1) is 5.41 Å². The quantitative estimate of drug-likeness (QED) is 0.195. The van der Waals surface area contributed by atoms with Crippen LogP contribution in [0.5, 0.6) is 17.2 Å². The largest absolute Gasteiger partial charge is 0.488 e. The molecule has 0 aliphatic carbocycles. The molecule has 3 atom stereocenters.